The third-order valence-corrected chi connectivity index (χ3v) is 4.67. The van der Waals surface area contributed by atoms with Crippen LogP contribution in [0.15, 0.2) is 23.1 Å². The number of pyridine rings is 2. The first-order valence-electron chi connectivity index (χ1n) is 8.90. The van der Waals surface area contributed by atoms with Crippen LogP contribution in [-0.2, 0) is 18.0 Å². The van der Waals surface area contributed by atoms with Gasteiger partial charge in [-0.05, 0) is 26.0 Å². The number of anilines is 1. The van der Waals surface area contributed by atoms with E-state index in [1.54, 1.807) is 0 Å². The molecule has 3 aromatic rings. The molecule has 0 aliphatic heterocycles. The van der Waals surface area contributed by atoms with Crippen LogP contribution in [0, 0.1) is 12.7 Å². The summed E-state index contributed by atoms with van der Waals surface area (Å²) in [5.74, 6) is -1.97. The van der Waals surface area contributed by atoms with Gasteiger partial charge in [0.2, 0.25) is 0 Å². The lowest BCUT2D eigenvalue weighted by atomic mass is 10.0. The van der Waals surface area contributed by atoms with Crippen molar-refractivity contribution >= 4 is 22.8 Å². The average Bonchev–Trinajstić information content (AvgIpc) is 2.71. The Morgan fingerprint density at radius 2 is 1.94 bits per heavy atom. The number of carbonyl (C=O) groups excluding carboxylic acids is 1. The van der Waals surface area contributed by atoms with Gasteiger partial charge in [-0.1, -0.05) is 0 Å². The molecule has 8 nitrogen and oxygen atoms in total. The number of aromatic nitrogens is 4. The molecule has 0 fully saturated rings. The van der Waals surface area contributed by atoms with Crippen molar-refractivity contribution in [2.75, 3.05) is 12.4 Å². The molecule has 0 spiro atoms. The number of nitrogens with zero attached hydrogens (tertiary/aromatic N) is 4. The Labute approximate surface area is 172 Å². The average molecular weight is 439 g/mol. The van der Waals surface area contributed by atoms with Crippen molar-refractivity contribution in [3.05, 3.63) is 57.1 Å². The van der Waals surface area contributed by atoms with Crippen LogP contribution in [0.25, 0.3) is 11.0 Å². The standard InChI is InChI=1S/C19H17F4N5O3/c1-8(25-16-13(20)5-10(7-24-16)18(30)31-4)11-6-12-15(27-14(11)19(21,22)23)26-9(2)28(3)17(12)29/h5-8H,1-4H3,(H,24,25). The minimum absolute atomic E-state index is 0.112. The molecule has 1 atom stereocenters. The van der Waals surface area contributed by atoms with Gasteiger partial charge < -0.3 is 10.1 Å². The van der Waals surface area contributed by atoms with Gasteiger partial charge in [-0.3, -0.25) is 9.36 Å². The van der Waals surface area contributed by atoms with E-state index < -0.39 is 35.3 Å². The van der Waals surface area contributed by atoms with E-state index >= 15 is 0 Å². The minimum Gasteiger partial charge on any atom is -0.465 e. The third-order valence-electron chi connectivity index (χ3n) is 4.67. The van der Waals surface area contributed by atoms with Crippen LogP contribution in [0.5, 0.6) is 0 Å². The number of esters is 1. The lowest BCUT2D eigenvalue weighted by molar-refractivity contribution is -0.141. The van der Waals surface area contributed by atoms with Gasteiger partial charge in [0.15, 0.2) is 23.0 Å². The second kappa shape index (κ2) is 7.93. The van der Waals surface area contributed by atoms with Crippen LogP contribution in [0.3, 0.4) is 0 Å². The summed E-state index contributed by atoms with van der Waals surface area (Å²) in [7, 11) is 2.55. The van der Waals surface area contributed by atoms with Gasteiger partial charge in [0.25, 0.3) is 5.56 Å². The van der Waals surface area contributed by atoms with Crippen LogP contribution >= 0.6 is 0 Å². The van der Waals surface area contributed by atoms with Gasteiger partial charge in [0.1, 0.15) is 5.82 Å². The predicted molar refractivity (Wildman–Crippen MR) is 102 cm³/mol. The van der Waals surface area contributed by atoms with E-state index in [4.69, 9.17) is 0 Å². The summed E-state index contributed by atoms with van der Waals surface area (Å²) in [6, 6.07) is 0.739. The number of ether oxygens (including phenoxy) is 1. The zero-order valence-electron chi connectivity index (χ0n) is 16.8. The molecule has 0 aliphatic rings. The van der Waals surface area contributed by atoms with Crippen molar-refractivity contribution in [2.24, 2.45) is 7.05 Å². The summed E-state index contributed by atoms with van der Waals surface area (Å²) >= 11 is 0. The van der Waals surface area contributed by atoms with E-state index in [9.17, 15) is 27.2 Å². The molecule has 0 radical (unpaired) electrons. The molecular formula is C19H17F4N5O3. The van der Waals surface area contributed by atoms with Crippen molar-refractivity contribution in [1.29, 1.82) is 0 Å². The molecule has 0 amide bonds. The Hall–Kier alpha value is -3.57. The first-order chi connectivity index (χ1) is 14.4. The zero-order chi connectivity index (χ0) is 23.1. The molecule has 0 bridgehead atoms. The minimum atomic E-state index is -4.85. The van der Waals surface area contributed by atoms with E-state index in [1.807, 2.05) is 0 Å². The molecule has 3 aromatic heterocycles. The van der Waals surface area contributed by atoms with Crippen molar-refractivity contribution in [3.63, 3.8) is 0 Å². The number of fused-ring (bicyclic) bond motifs is 1. The number of rotatable bonds is 4. The Morgan fingerprint density at radius 1 is 1.26 bits per heavy atom. The summed E-state index contributed by atoms with van der Waals surface area (Å²) in [5, 5.41) is 2.41. The molecule has 0 aliphatic carbocycles. The molecule has 164 valence electrons. The summed E-state index contributed by atoms with van der Waals surface area (Å²) in [6.45, 7) is 2.81. The Bertz CT molecular complexity index is 1240. The largest absolute Gasteiger partial charge is 0.465 e. The summed E-state index contributed by atoms with van der Waals surface area (Å²) in [4.78, 5) is 35.2. The van der Waals surface area contributed by atoms with E-state index in [-0.39, 0.29) is 33.8 Å². The van der Waals surface area contributed by atoms with Crippen LogP contribution in [0.1, 0.15) is 40.4 Å². The molecule has 3 heterocycles. The van der Waals surface area contributed by atoms with Gasteiger partial charge in [-0.25, -0.2) is 24.1 Å². The van der Waals surface area contributed by atoms with Crippen molar-refractivity contribution < 1.29 is 27.1 Å². The van der Waals surface area contributed by atoms with Gasteiger partial charge in [-0.2, -0.15) is 13.2 Å². The highest BCUT2D eigenvalue weighted by molar-refractivity contribution is 5.89. The van der Waals surface area contributed by atoms with Crippen LogP contribution in [-0.4, -0.2) is 32.6 Å². The topological polar surface area (TPSA) is 99.0 Å². The first-order valence-corrected chi connectivity index (χ1v) is 8.90. The van der Waals surface area contributed by atoms with Gasteiger partial charge in [-0.15, -0.1) is 0 Å². The number of alkyl halides is 3. The third kappa shape index (κ3) is 4.18. The van der Waals surface area contributed by atoms with E-state index in [0.29, 0.717) is 0 Å². The fourth-order valence-electron chi connectivity index (χ4n) is 2.93. The summed E-state index contributed by atoms with van der Waals surface area (Å²) < 4.78 is 61.0. The van der Waals surface area contributed by atoms with Crippen molar-refractivity contribution in [1.82, 2.24) is 19.5 Å². The fraction of sp³-hybridized carbons (Fsp3) is 0.316. The molecule has 0 saturated heterocycles. The van der Waals surface area contributed by atoms with Gasteiger partial charge in [0.05, 0.1) is 24.1 Å². The van der Waals surface area contributed by atoms with Crippen LogP contribution in [0.4, 0.5) is 23.4 Å². The molecule has 1 N–H and O–H groups in total. The van der Waals surface area contributed by atoms with Crippen LogP contribution < -0.4 is 10.9 Å². The number of aryl methyl sites for hydroxylation is 1. The highest BCUT2D eigenvalue weighted by Gasteiger charge is 2.37. The highest BCUT2D eigenvalue weighted by atomic mass is 19.4. The normalized spacial score (nSPS) is 12.6. The Morgan fingerprint density at radius 3 is 2.52 bits per heavy atom. The lowest BCUT2D eigenvalue weighted by Crippen LogP contribution is -2.24. The first kappa shape index (κ1) is 22.1. The number of carbonyl (C=O) groups is 1. The summed E-state index contributed by atoms with van der Waals surface area (Å²) in [5.41, 5.74) is -2.71. The molecular weight excluding hydrogens is 422 g/mol. The highest BCUT2D eigenvalue weighted by Crippen LogP contribution is 2.35. The maximum absolute atomic E-state index is 14.3. The number of halogens is 4. The second-order valence-electron chi connectivity index (χ2n) is 6.73. The van der Waals surface area contributed by atoms with Crippen molar-refractivity contribution in [3.8, 4) is 0 Å². The number of hydrogen-bond acceptors (Lipinski definition) is 7. The molecule has 1 unspecified atom stereocenters. The molecule has 31 heavy (non-hydrogen) atoms. The molecule has 12 heteroatoms. The zero-order valence-corrected chi connectivity index (χ0v) is 16.8. The predicted octanol–water partition coefficient (Wildman–Crippen LogP) is 3.15. The Kier molecular flexibility index (Phi) is 5.66. The van der Waals surface area contributed by atoms with E-state index in [0.717, 1.165) is 25.4 Å². The Balaban J connectivity index is 2.10. The van der Waals surface area contributed by atoms with Gasteiger partial charge >= 0.3 is 12.1 Å². The smallest absolute Gasteiger partial charge is 0.433 e. The number of nitrogens with one attached hydrogen (secondary N) is 1. The van der Waals surface area contributed by atoms with Crippen molar-refractivity contribution in [2.45, 2.75) is 26.1 Å². The van der Waals surface area contributed by atoms with E-state index in [2.05, 4.69) is 25.0 Å². The van der Waals surface area contributed by atoms with Crippen LogP contribution in [0.2, 0.25) is 0 Å². The molecule has 3 rings (SSSR count). The molecule has 0 aromatic carbocycles. The quantitative estimate of drug-likeness (QED) is 0.493. The molecule has 0 saturated carbocycles. The maximum atomic E-state index is 14.3. The number of methoxy groups -OCH3 is 1. The summed E-state index contributed by atoms with van der Waals surface area (Å²) in [6.07, 6.45) is -3.83. The number of hydrogen-bond donors (Lipinski definition) is 1. The lowest BCUT2D eigenvalue weighted by Gasteiger charge is -2.20. The van der Waals surface area contributed by atoms with E-state index in [1.165, 1.54) is 25.5 Å². The fourth-order valence-corrected chi connectivity index (χ4v) is 2.93. The monoisotopic (exact) mass is 439 g/mol. The second-order valence-corrected chi connectivity index (χ2v) is 6.73. The maximum Gasteiger partial charge on any atom is 0.433 e. The van der Waals surface area contributed by atoms with Gasteiger partial charge in [0, 0.05) is 18.8 Å². The SMILES string of the molecule is COC(=O)c1cnc(NC(C)c2cc3c(=O)n(C)c(C)nc3nc2C(F)(F)F)c(F)c1.